The number of furan rings is 1. The van der Waals surface area contributed by atoms with E-state index in [2.05, 4.69) is 0 Å². The zero-order valence-electron chi connectivity index (χ0n) is 10.8. The molecule has 0 radical (unpaired) electrons. The summed E-state index contributed by atoms with van der Waals surface area (Å²) in [4.78, 5) is 25.2. The van der Waals surface area contributed by atoms with Gasteiger partial charge in [0.25, 0.3) is 0 Å². The standard InChI is InChI=1S/C14H17NO4/c1-8(12-3-2-6-19-12)15(9-4-5-9)13(16)10-7-11(10)14(17)18/h2-3,6,8-11H,4-5,7H2,1H3,(H,17,18)/t8-,10-,11-/m1/s1. The molecule has 102 valence electrons. The lowest BCUT2D eigenvalue weighted by Crippen LogP contribution is -2.37. The Hall–Kier alpha value is -1.78. The Morgan fingerprint density at radius 1 is 1.42 bits per heavy atom. The van der Waals surface area contributed by atoms with Crippen molar-refractivity contribution in [3.63, 3.8) is 0 Å². The molecule has 3 rings (SSSR count). The van der Waals surface area contributed by atoms with E-state index >= 15 is 0 Å². The molecule has 0 unspecified atom stereocenters. The minimum absolute atomic E-state index is 0.0289. The van der Waals surface area contributed by atoms with Crippen LogP contribution in [0, 0.1) is 11.8 Å². The van der Waals surface area contributed by atoms with Crippen LogP contribution >= 0.6 is 0 Å². The summed E-state index contributed by atoms with van der Waals surface area (Å²) in [6.07, 6.45) is 4.07. The molecule has 5 nitrogen and oxygen atoms in total. The molecule has 2 aliphatic rings. The minimum atomic E-state index is -0.861. The molecule has 3 atom stereocenters. The van der Waals surface area contributed by atoms with E-state index in [-0.39, 0.29) is 23.9 Å². The largest absolute Gasteiger partial charge is 0.481 e. The highest BCUT2D eigenvalue weighted by molar-refractivity contribution is 5.90. The van der Waals surface area contributed by atoms with Crippen LogP contribution in [0.1, 0.15) is 38.0 Å². The van der Waals surface area contributed by atoms with Crippen LogP contribution in [0.15, 0.2) is 22.8 Å². The summed E-state index contributed by atoms with van der Waals surface area (Å²) in [6, 6.07) is 3.79. The summed E-state index contributed by atoms with van der Waals surface area (Å²) in [6.45, 7) is 1.94. The van der Waals surface area contributed by atoms with Gasteiger partial charge in [0.05, 0.1) is 24.1 Å². The van der Waals surface area contributed by atoms with Gasteiger partial charge in [-0.05, 0) is 38.3 Å². The van der Waals surface area contributed by atoms with Crippen LogP contribution in [-0.2, 0) is 9.59 Å². The first kappa shape index (κ1) is 12.3. The van der Waals surface area contributed by atoms with E-state index in [0.29, 0.717) is 6.42 Å². The van der Waals surface area contributed by atoms with Crippen LogP contribution in [0.2, 0.25) is 0 Å². The van der Waals surface area contributed by atoms with Gasteiger partial charge in [0, 0.05) is 6.04 Å². The van der Waals surface area contributed by atoms with Crippen molar-refractivity contribution >= 4 is 11.9 Å². The van der Waals surface area contributed by atoms with E-state index in [1.807, 2.05) is 17.9 Å². The lowest BCUT2D eigenvalue weighted by Gasteiger charge is -2.28. The quantitative estimate of drug-likeness (QED) is 0.882. The number of carboxylic acids is 1. The molecule has 1 heterocycles. The predicted molar refractivity (Wildman–Crippen MR) is 66.2 cm³/mol. The molecule has 0 aliphatic heterocycles. The second-order valence-corrected chi connectivity index (χ2v) is 5.46. The van der Waals surface area contributed by atoms with Gasteiger partial charge in [-0.15, -0.1) is 0 Å². The maximum Gasteiger partial charge on any atom is 0.307 e. The lowest BCUT2D eigenvalue weighted by molar-refractivity contribution is -0.143. The van der Waals surface area contributed by atoms with Crippen molar-refractivity contribution in [2.75, 3.05) is 0 Å². The maximum absolute atomic E-state index is 12.5. The second kappa shape index (κ2) is 4.40. The van der Waals surface area contributed by atoms with E-state index in [9.17, 15) is 9.59 Å². The average molecular weight is 263 g/mol. The fourth-order valence-corrected chi connectivity index (χ4v) is 2.64. The van der Waals surface area contributed by atoms with Gasteiger partial charge < -0.3 is 14.4 Å². The SMILES string of the molecule is C[C@H](c1ccco1)N(C(=O)[C@@H]1C[C@H]1C(=O)O)C1CC1. The Kier molecular flexibility index (Phi) is 2.84. The van der Waals surface area contributed by atoms with Crippen molar-refractivity contribution in [3.05, 3.63) is 24.2 Å². The molecule has 0 spiro atoms. The van der Waals surface area contributed by atoms with Gasteiger partial charge in [-0.25, -0.2) is 0 Å². The summed E-state index contributed by atoms with van der Waals surface area (Å²) >= 11 is 0. The summed E-state index contributed by atoms with van der Waals surface area (Å²) < 4.78 is 5.37. The number of carbonyl (C=O) groups excluding carboxylic acids is 1. The highest BCUT2D eigenvalue weighted by atomic mass is 16.4. The highest BCUT2D eigenvalue weighted by Crippen LogP contribution is 2.44. The number of carboxylic acid groups (broad SMARTS) is 1. The molecular formula is C14H17NO4. The Bertz CT molecular complexity index is 492. The third kappa shape index (κ3) is 2.25. The van der Waals surface area contributed by atoms with Crippen LogP contribution in [0.4, 0.5) is 0 Å². The number of rotatable bonds is 5. The number of nitrogens with zero attached hydrogens (tertiary/aromatic N) is 1. The van der Waals surface area contributed by atoms with Gasteiger partial charge in [-0.3, -0.25) is 9.59 Å². The zero-order chi connectivity index (χ0) is 13.6. The van der Waals surface area contributed by atoms with Crippen molar-refractivity contribution in [2.45, 2.75) is 38.3 Å². The van der Waals surface area contributed by atoms with Crippen molar-refractivity contribution in [2.24, 2.45) is 11.8 Å². The summed E-state index contributed by atoms with van der Waals surface area (Å²) in [5, 5.41) is 8.94. The molecule has 1 aromatic heterocycles. The van der Waals surface area contributed by atoms with Crippen LogP contribution in [0.3, 0.4) is 0 Å². The highest BCUT2D eigenvalue weighted by Gasteiger charge is 2.52. The molecule has 2 fully saturated rings. The lowest BCUT2D eigenvalue weighted by atomic mass is 10.1. The molecule has 1 N–H and O–H groups in total. The first-order valence-corrected chi connectivity index (χ1v) is 6.68. The van der Waals surface area contributed by atoms with Crippen LogP contribution < -0.4 is 0 Å². The van der Waals surface area contributed by atoms with Gasteiger partial charge >= 0.3 is 5.97 Å². The summed E-state index contributed by atoms with van der Waals surface area (Å²) in [5.74, 6) is -0.959. The monoisotopic (exact) mass is 263 g/mol. The first-order chi connectivity index (χ1) is 9.09. The minimum Gasteiger partial charge on any atom is -0.481 e. The molecule has 0 saturated heterocycles. The van der Waals surface area contributed by atoms with E-state index < -0.39 is 11.9 Å². The third-order valence-electron chi connectivity index (χ3n) is 3.99. The number of carbonyl (C=O) groups is 2. The van der Waals surface area contributed by atoms with Crippen molar-refractivity contribution in [1.29, 1.82) is 0 Å². The van der Waals surface area contributed by atoms with Crippen LogP contribution in [-0.4, -0.2) is 27.9 Å². The topological polar surface area (TPSA) is 70.8 Å². The van der Waals surface area contributed by atoms with Crippen molar-refractivity contribution in [1.82, 2.24) is 4.90 Å². The molecule has 0 aromatic carbocycles. The van der Waals surface area contributed by atoms with E-state index in [1.165, 1.54) is 0 Å². The fourth-order valence-electron chi connectivity index (χ4n) is 2.64. The van der Waals surface area contributed by atoms with Gasteiger partial charge in [-0.1, -0.05) is 0 Å². The smallest absolute Gasteiger partial charge is 0.307 e. The Balaban J connectivity index is 1.75. The third-order valence-corrected chi connectivity index (χ3v) is 3.99. The van der Waals surface area contributed by atoms with Crippen molar-refractivity contribution < 1.29 is 19.1 Å². The van der Waals surface area contributed by atoms with E-state index in [0.717, 1.165) is 18.6 Å². The number of aliphatic carboxylic acids is 1. The average Bonchev–Trinajstić information content (AvgIpc) is 3.28. The normalized spacial score (nSPS) is 26.8. The second-order valence-electron chi connectivity index (χ2n) is 5.46. The number of hydrogen-bond donors (Lipinski definition) is 1. The Morgan fingerprint density at radius 3 is 2.63 bits per heavy atom. The van der Waals surface area contributed by atoms with Crippen molar-refractivity contribution in [3.8, 4) is 0 Å². The molecule has 2 aliphatic carbocycles. The Morgan fingerprint density at radius 2 is 2.16 bits per heavy atom. The van der Waals surface area contributed by atoms with E-state index in [4.69, 9.17) is 9.52 Å². The first-order valence-electron chi connectivity index (χ1n) is 6.68. The van der Waals surface area contributed by atoms with Gasteiger partial charge in [-0.2, -0.15) is 0 Å². The maximum atomic E-state index is 12.5. The molecular weight excluding hydrogens is 246 g/mol. The molecule has 2 saturated carbocycles. The van der Waals surface area contributed by atoms with Gasteiger partial charge in [0.2, 0.25) is 5.91 Å². The van der Waals surface area contributed by atoms with E-state index in [1.54, 1.807) is 12.3 Å². The zero-order valence-corrected chi connectivity index (χ0v) is 10.8. The van der Waals surface area contributed by atoms with Gasteiger partial charge in [0.1, 0.15) is 5.76 Å². The predicted octanol–water partition coefficient (Wildman–Crippen LogP) is 2.05. The molecule has 1 aromatic rings. The fraction of sp³-hybridized carbons (Fsp3) is 0.571. The summed E-state index contributed by atoms with van der Waals surface area (Å²) in [5.41, 5.74) is 0. The molecule has 19 heavy (non-hydrogen) atoms. The number of amides is 1. The Labute approximate surface area is 111 Å². The molecule has 1 amide bonds. The van der Waals surface area contributed by atoms with Gasteiger partial charge in [0.15, 0.2) is 0 Å². The van der Waals surface area contributed by atoms with Crippen LogP contribution in [0.25, 0.3) is 0 Å². The van der Waals surface area contributed by atoms with Crippen LogP contribution in [0.5, 0.6) is 0 Å². The number of hydrogen-bond acceptors (Lipinski definition) is 3. The summed E-state index contributed by atoms with van der Waals surface area (Å²) in [7, 11) is 0. The molecule has 5 heteroatoms. The molecule has 0 bridgehead atoms.